The molecule has 0 aromatic rings. The van der Waals surface area contributed by atoms with Crippen LogP contribution in [-0.2, 0) is 28.6 Å². The molecule has 0 radical (unpaired) electrons. The smallest absolute Gasteiger partial charge is 0.306 e. The van der Waals surface area contributed by atoms with E-state index in [2.05, 4.69) is 27.7 Å². The highest BCUT2D eigenvalue weighted by atomic mass is 16.6. The lowest BCUT2D eigenvalue weighted by Gasteiger charge is -2.18. The monoisotopic (exact) mass is 835 g/mol. The summed E-state index contributed by atoms with van der Waals surface area (Å²) < 4.78 is 16.8. The van der Waals surface area contributed by atoms with E-state index in [4.69, 9.17) is 14.2 Å². The topological polar surface area (TPSA) is 78.9 Å². The lowest BCUT2D eigenvalue weighted by Crippen LogP contribution is -2.30. The minimum atomic E-state index is -0.760. The van der Waals surface area contributed by atoms with Crippen LogP contribution in [0.4, 0.5) is 0 Å². The van der Waals surface area contributed by atoms with Crippen molar-refractivity contribution in [2.24, 2.45) is 5.92 Å². The summed E-state index contributed by atoms with van der Waals surface area (Å²) in [5.41, 5.74) is 0. The highest BCUT2D eigenvalue weighted by Crippen LogP contribution is 2.17. The molecule has 6 nitrogen and oxygen atoms in total. The fraction of sp³-hybridized carbons (Fsp3) is 0.943. The third-order valence-electron chi connectivity index (χ3n) is 12.0. The molecule has 0 aromatic carbocycles. The summed E-state index contributed by atoms with van der Waals surface area (Å²) in [6, 6.07) is 0. The van der Waals surface area contributed by atoms with Crippen LogP contribution in [0.2, 0.25) is 0 Å². The van der Waals surface area contributed by atoms with Gasteiger partial charge in [-0.15, -0.1) is 0 Å². The Morgan fingerprint density at radius 2 is 0.559 bits per heavy atom. The predicted octanol–water partition coefficient (Wildman–Crippen LogP) is 17.1. The maximum atomic E-state index is 12.8. The van der Waals surface area contributed by atoms with E-state index < -0.39 is 6.10 Å². The van der Waals surface area contributed by atoms with Crippen molar-refractivity contribution in [2.75, 3.05) is 13.2 Å². The van der Waals surface area contributed by atoms with E-state index in [0.29, 0.717) is 19.3 Å². The number of hydrogen-bond donors (Lipinski definition) is 0. The number of ether oxygens (including phenoxy) is 3. The Balaban J connectivity index is 4.27. The maximum absolute atomic E-state index is 12.8. The van der Waals surface area contributed by atoms with Crippen molar-refractivity contribution in [1.82, 2.24) is 0 Å². The fourth-order valence-electron chi connectivity index (χ4n) is 8.04. The zero-order valence-corrected chi connectivity index (χ0v) is 40.2. The first-order valence-corrected chi connectivity index (χ1v) is 26.4. The Kier molecular flexibility index (Phi) is 46.2. The van der Waals surface area contributed by atoms with Crippen LogP contribution < -0.4 is 0 Å². The minimum absolute atomic E-state index is 0.0625. The van der Waals surface area contributed by atoms with Crippen LogP contribution in [0.15, 0.2) is 0 Å². The summed E-state index contributed by atoms with van der Waals surface area (Å²) in [5, 5.41) is 0. The van der Waals surface area contributed by atoms with Gasteiger partial charge in [0, 0.05) is 19.3 Å². The van der Waals surface area contributed by atoms with E-state index in [1.165, 1.54) is 193 Å². The number of esters is 3. The molecule has 0 bridgehead atoms. The van der Waals surface area contributed by atoms with Crippen LogP contribution in [0, 0.1) is 5.92 Å². The molecule has 0 amide bonds. The van der Waals surface area contributed by atoms with Crippen LogP contribution in [0.3, 0.4) is 0 Å². The van der Waals surface area contributed by atoms with Crippen LogP contribution in [-0.4, -0.2) is 37.2 Å². The molecule has 0 saturated carbocycles. The van der Waals surface area contributed by atoms with Crippen molar-refractivity contribution in [3.05, 3.63) is 0 Å². The van der Waals surface area contributed by atoms with Crippen molar-refractivity contribution in [1.29, 1.82) is 0 Å². The lowest BCUT2D eigenvalue weighted by atomic mass is 10.0. The first-order chi connectivity index (χ1) is 28.9. The maximum Gasteiger partial charge on any atom is 0.306 e. The summed E-state index contributed by atoms with van der Waals surface area (Å²) >= 11 is 0. The Bertz CT molecular complexity index is 887. The number of rotatable bonds is 48. The summed E-state index contributed by atoms with van der Waals surface area (Å²) in [6.45, 7) is 9.03. The molecule has 0 aliphatic carbocycles. The van der Waals surface area contributed by atoms with Crippen molar-refractivity contribution in [3.8, 4) is 0 Å². The minimum Gasteiger partial charge on any atom is -0.462 e. The molecule has 0 unspecified atom stereocenters. The Morgan fingerprint density at radius 3 is 0.831 bits per heavy atom. The molecule has 0 aromatic heterocycles. The van der Waals surface area contributed by atoms with Crippen molar-refractivity contribution in [2.45, 2.75) is 303 Å². The van der Waals surface area contributed by atoms with Crippen molar-refractivity contribution in [3.63, 3.8) is 0 Å². The van der Waals surface area contributed by atoms with E-state index in [-0.39, 0.29) is 31.1 Å². The second-order valence-electron chi connectivity index (χ2n) is 18.6. The van der Waals surface area contributed by atoms with Gasteiger partial charge in [0.2, 0.25) is 0 Å². The summed E-state index contributed by atoms with van der Waals surface area (Å²) in [7, 11) is 0. The molecular formula is C53H102O6. The molecule has 0 rings (SSSR count). The first-order valence-electron chi connectivity index (χ1n) is 26.4. The molecule has 59 heavy (non-hydrogen) atoms. The van der Waals surface area contributed by atoms with E-state index in [0.717, 1.165) is 63.7 Å². The van der Waals surface area contributed by atoms with Gasteiger partial charge in [-0.25, -0.2) is 0 Å². The highest BCUT2D eigenvalue weighted by molar-refractivity contribution is 5.71. The highest BCUT2D eigenvalue weighted by Gasteiger charge is 2.19. The van der Waals surface area contributed by atoms with Crippen LogP contribution >= 0.6 is 0 Å². The molecule has 350 valence electrons. The molecule has 0 heterocycles. The third kappa shape index (κ3) is 47.3. The summed E-state index contributed by atoms with van der Waals surface area (Å²) in [4.78, 5) is 37.9. The average molecular weight is 835 g/mol. The van der Waals surface area contributed by atoms with Gasteiger partial charge in [-0.1, -0.05) is 259 Å². The Morgan fingerprint density at radius 1 is 0.322 bits per heavy atom. The number of carbonyl (C=O) groups is 3. The molecule has 0 aliphatic heterocycles. The van der Waals surface area contributed by atoms with Gasteiger partial charge in [0.15, 0.2) is 6.10 Å². The van der Waals surface area contributed by atoms with E-state index in [9.17, 15) is 14.4 Å². The Hall–Kier alpha value is -1.59. The zero-order chi connectivity index (χ0) is 43.1. The molecule has 1 atom stereocenters. The van der Waals surface area contributed by atoms with Crippen molar-refractivity contribution >= 4 is 17.9 Å². The lowest BCUT2D eigenvalue weighted by molar-refractivity contribution is -0.167. The molecule has 0 N–H and O–H groups in total. The quantitative estimate of drug-likeness (QED) is 0.0345. The SMILES string of the molecule is CCCCCCCCCCCCCCCC(=O)O[C@@H](COC(=O)CCCCCCCCCCCCC)COC(=O)CCCCCCCCCCCCCCCCC(C)C. The molecule has 0 spiro atoms. The van der Waals surface area contributed by atoms with Crippen LogP contribution in [0.25, 0.3) is 0 Å². The second-order valence-corrected chi connectivity index (χ2v) is 18.6. The number of unbranched alkanes of at least 4 members (excludes halogenated alkanes) is 35. The van der Waals surface area contributed by atoms with E-state index in [1.807, 2.05) is 0 Å². The fourth-order valence-corrected chi connectivity index (χ4v) is 8.04. The van der Waals surface area contributed by atoms with Gasteiger partial charge in [-0.2, -0.15) is 0 Å². The largest absolute Gasteiger partial charge is 0.462 e. The van der Waals surface area contributed by atoms with Gasteiger partial charge in [0.1, 0.15) is 13.2 Å². The number of carbonyl (C=O) groups excluding carboxylic acids is 3. The van der Waals surface area contributed by atoms with Gasteiger partial charge in [0.05, 0.1) is 0 Å². The average Bonchev–Trinajstić information content (AvgIpc) is 3.22. The van der Waals surface area contributed by atoms with Gasteiger partial charge < -0.3 is 14.2 Å². The van der Waals surface area contributed by atoms with Crippen molar-refractivity contribution < 1.29 is 28.6 Å². The standard InChI is InChI=1S/C53H102O6/c1-5-7-9-11-13-15-17-20-26-30-34-38-42-46-53(56)59-50(47-57-51(54)44-40-36-32-28-23-16-14-12-10-8-6-2)48-58-52(55)45-41-37-33-29-25-22-19-18-21-24-27-31-35-39-43-49(3)4/h49-50H,5-48H2,1-4H3/t50-/m0/s1. The number of hydrogen-bond acceptors (Lipinski definition) is 6. The van der Waals surface area contributed by atoms with Crippen LogP contribution in [0.1, 0.15) is 297 Å². The zero-order valence-electron chi connectivity index (χ0n) is 40.2. The Labute approximate surface area is 368 Å². The normalized spacial score (nSPS) is 11.9. The van der Waals surface area contributed by atoms with E-state index >= 15 is 0 Å². The molecule has 0 fully saturated rings. The molecule has 0 saturated heterocycles. The van der Waals surface area contributed by atoms with E-state index in [1.54, 1.807) is 0 Å². The molecular weight excluding hydrogens is 733 g/mol. The first kappa shape index (κ1) is 57.4. The van der Waals surface area contributed by atoms with Gasteiger partial charge >= 0.3 is 17.9 Å². The third-order valence-corrected chi connectivity index (χ3v) is 12.0. The second kappa shape index (κ2) is 47.5. The van der Waals surface area contributed by atoms with Crippen LogP contribution in [0.5, 0.6) is 0 Å². The van der Waals surface area contributed by atoms with Gasteiger partial charge in [-0.3, -0.25) is 14.4 Å². The van der Waals surface area contributed by atoms with Gasteiger partial charge in [-0.05, 0) is 25.2 Å². The van der Waals surface area contributed by atoms with Gasteiger partial charge in [0.25, 0.3) is 0 Å². The summed E-state index contributed by atoms with van der Waals surface area (Å²) in [6.07, 6.45) is 49.4. The predicted molar refractivity (Wildman–Crippen MR) is 252 cm³/mol. The summed E-state index contributed by atoms with van der Waals surface area (Å²) in [5.74, 6) is 0.00190. The molecule has 6 heteroatoms. The molecule has 0 aliphatic rings.